The highest BCUT2D eigenvalue weighted by atomic mass is 16.6. The zero-order valence-electron chi connectivity index (χ0n) is 12.9. The highest BCUT2D eigenvalue weighted by Gasteiger charge is 2.16. The van der Waals surface area contributed by atoms with E-state index in [-0.39, 0.29) is 12.1 Å². The Bertz CT molecular complexity index is 399. The lowest BCUT2D eigenvalue weighted by atomic mass is 10.1. The first kappa shape index (κ1) is 16.5. The van der Waals surface area contributed by atoms with Gasteiger partial charge in [0.15, 0.2) is 0 Å². The predicted molar refractivity (Wildman–Crippen MR) is 81.8 cm³/mol. The molecule has 0 radical (unpaired) electrons. The molecular weight excluding hydrogens is 252 g/mol. The van der Waals surface area contributed by atoms with Crippen molar-refractivity contribution in [1.29, 1.82) is 0 Å². The maximum absolute atomic E-state index is 11.5. The van der Waals surface area contributed by atoms with Crippen LogP contribution in [0.4, 0.5) is 4.79 Å². The molecule has 20 heavy (non-hydrogen) atoms. The lowest BCUT2D eigenvalue weighted by Crippen LogP contribution is -2.41. The summed E-state index contributed by atoms with van der Waals surface area (Å²) in [5, 5.41) is 6.14. The second kappa shape index (κ2) is 7.90. The van der Waals surface area contributed by atoms with Crippen LogP contribution in [0.5, 0.6) is 0 Å². The summed E-state index contributed by atoms with van der Waals surface area (Å²) in [5.74, 6) is 0. The lowest BCUT2D eigenvalue weighted by molar-refractivity contribution is 0.0523. The van der Waals surface area contributed by atoms with Crippen molar-refractivity contribution < 1.29 is 9.53 Å². The molecule has 112 valence electrons. The second-order valence-electron chi connectivity index (χ2n) is 5.97. The van der Waals surface area contributed by atoms with Crippen LogP contribution in [0.1, 0.15) is 33.3 Å². The van der Waals surface area contributed by atoms with Crippen LogP contribution in [-0.4, -0.2) is 30.8 Å². The largest absolute Gasteiger partial charge is 0.444 e. The van der Waals surface area contributed by atoms with Crippen LogP contribution in [0.25, 0.3) is 0 Å². The molecule has 0 aliphatic carbocycles. The molecule has 1 atom stereocenters. The van der Waals surface area contributed by atoms with E-state index >= 15 is 0 Å². The van der Waals surface area contributed by atoms with Gasteiger partial charge in [0.05, 0.1) is 0 Å². The van der Waals surface area contributed by atoms with Gasteiger partial charge < -0.3 is 15.4 Å². The van der Waals surface area contributed by atoms with Crippen LogP contribution in [0.15, 0.2) is 30.3 Å². The fourth-order valence-corrected chi connectivity index (χ4v) is 1.73. The molecule has 0 fully saturated rings. The molecule has 2 N–H and O–H groups in total. The van der Waals surface area contributed by atoms with Gasteiger partial charge in [0, 0.05) is 12.6 Å². The van der Waals surface area contributed by atoms with E-state index in [2.05, 4.69) is 22.8 Å². The van der Waals surface area contributed by atoms with Crippen molar-refractivity contribution in [2.75, 3.05) is 13.1 Å². The topological polar surface area (TPSA) is 50.4 Å². The number of carbonyl (C=O) groups excluding carboxylic acids is 1. The zero-order chi connectivity index (χ0) is 15.0. The Balaban J connectivity index is 2.14. The fourth-order valence-electron chi connectivity index (χ4n) is 1.73. The Morgan fingerprint density at radius 1 is 1.25 bits per heavy atom. The maximum atomic E-state index is 11.5. The molecule has 4 heteroatoms. The van der Waals surface area contributed by atoms with Gasteiger partial charge in [-0.1, -0.05) is 30.3 Å². The molecule has 0 spiro atoms. The first-order chi connectivity index (χ1) is 9.37. The Kier molecular flexibility index (Phi) is 6.52. The number of alkyl carbamates (subject to hydrolysis) is 1. The minimum absolute atomic E-state index is 0.214. The molecule has 1 aromatic carbocycles. The van der Waals surface area contributed by atoms with Crippen LogP contribution in [-0.2, 0) is 11.2 Å². The molecule has 1 aromatic rings. The van der Waals surface area contributed by atoms with Gasteiger partial charge in [-0.15, -0.1) is 0 Å². The van der Waals surface area contributed by atoms with Crippen molar-refractivity contribution in [3.05, 3.63) is 35.9 Å². The molecular formula is C16H26N2O2. The van der Waals surface area contributed by atoms with Crippen molar-refractivity contribution in [3.63, 3.8) is 0 Å². The van der Waals surface area contributed by atoms with Crippen molar-refractivity contribution in [1.82, 2.24) is 10.6 Å². The Hall–Kier alpha value is -1.55. The average molecular weight is 278 g/mol. The fraction of sp³-hybridized carbons (Fsp3) is 0.562. The smallest absolute Gasteiger partial charge is 0.407 e. The second-order valence-corrected chi connectivity index (χ2v) is 5.97. The minimum Gasteiger partial charge on any atom is -0.444 e. The average Bonchev–Trinajstić information content (AvgIpc) is 2.36. The molecule has 1 unspecified atom stereocenters. The standard InChI is InChI=1S/C16H26N2O2/c1-13(12-18-15(19)20-16(2,3)4)17-11-10-14-8-6-5-7-9-14/h5-9,13,17H,10-12H2,1-4H3,(H,18,19). The van der Waals surface area contributed by atoms with Crippen LogP contribution in [0.3, 0.4) is 0 Å². The van der Waals surface area contributed by atoms with Gasteiger partial charge in [-0.05, 0) is 46.2 Å². The molecule has 0 aliphatic heterocycles. The monoisotopic (exact) mass is 278 g/mol. The van der Waals surface area contributed by atoms with Gasteiger partial charge >= 0.3 is 6.09 Å². The van der Waals surface area contributed by atoms with Crippen molar-refractivity contribution in [2.45, 2.75) is 45.8 Å². The van der Waals surface area contributed by atoms with E-state index < -0.39 is 5.60 Å². The molecule has 0 saturated carbocycles. The number of hydrogen-bond donors (Lipinski definition) is 2. The third-order valence-electron chi connectivity index (χ3n) is 2.70. The summed E-state index contributed by atoms with van der Waals surface area (Å²) in [7, 11) is 0. The van der Waals surface area contributed by atoms with Gasteiger partial charge in [-0.2, -0.15) is 0 Å². The summed E-state index contributed by atoms with van der Waals surface area (Å²) in [6.45, 7) is 9.06. The van der Waals surface area contributed by atoms with E-state index in [4.69, 9.17) is 4.74 Å². The van der Waals surface area contributed by atoms with E-state index in [1.165, 1.54) is 5.56 Å². The number of carbonyl (C=O) groups is 1. The van der Waals surface area contributed by atoms with Crippen LogP contribution in [0.2, 0.25) is 0 Å². The number of hydrogen-bond acceptors (Lipinski definition) is 3. The van der Waals surface area contributed by atoms with Crippen LogP contribution >= 0.6 is 0 Å². The summed E-state index contributed by atoms with van der Waals surface area (Å²) in [4.78, 5) is 11.5. The molecule has 1 amide bonds. The van der Waals surface area contributed by atoms with E-state index in [0.29, 0.717) is 6.54 Å². The first-order valence-electron chi connectivity index (χ1n) is 7.11. The van der Waals surface area contributed by atoms with E-state index in [9.17, 15) is 4.79 Å². The Morgan fingerprint density at radius 2 is 1.90 bits per heavy atom. The number of amides is 1. The molecule has 0 saturated heterocycles. The third-order valence-corrected chi connectivity index (χ3v) is 2.70. The minimum atomic E-state index is -0.450. The molecule has 0 aliphatic rings. The number of benzene rings is 1. The Morgan fingerprint density at radius 3 is 2.50 bits per heavy atom. The molecule has 0 aromatic heterocycles. The highest BCUT2D eigenvalue weighted by Crippen LogP contribution is 2.06. The number of ether oxygens (including phenoxy) is 1. The normalized spacial score (nSPS) is 12.8. The van der Waals surface area contributed by atoms with Crippen molar-refractivity contribution in [3.8, 4) is 0 Å². The van der Waals surface area contributed by atoms with Gasteiger partial charge in [-0.25, -0.2) is 4.79 Å². The Labute approximate surface area is 121 Å². The van der Waals surface area contributed by atoms with Crippen LogP contribution in [0, 0.1) is 0 Å². The van der Waals surface area contributed by atoms with Crippen molar-refractivity contribution in [2.24, 2.45) is 0 Å². The first-order valence-corrected chi connectivity index (χ1v) is 7.11. The molecule has 0 heterocycles. The third kappa shape index (κ3) is 7.79. The lowest BCUT2D eigenvalue weighted by Gasteiger charge is -2.21. The van der Waals surface area contributed by atoms with Gasteiger partial charge in [0.25, 0.3) is 0 Å². The van der Waals surface area contributed by atoms with E-state index in [1.807, 2.05) is 45.9 Å². The summed E-state index contributed by atoms with van der Waals surface area (Å²) < 4.78 is 5.18. The van der Waals surface area contributed by atoms with Gasteiger partial charge in [0.1, 0.15) is 5.60 Å². The molecule has 0 bridgehead atoms. The van der Waals surface area contributed by atoms with Gasteiger partial charge in [0.2, 0.25) is 0 Å². The SMILES string of the molecule is CC(CNC(=O)OC(C)(C)C)NCCc1ccccc1. The highest BCUT2D eigenvalue weighted by molar-refractivity contribution is 5.67. The van der Waals surface area contributed by atoms with E-state index in [1.54, 1.807) is 0 Å². The summed E-state index contributed by atoms with van der Waals surface area (Å²) in [6.07, 6.45) is 0.617. The molecule has 1 rings (SSSR count). The summed E-state index contributed by atoms with van der Waals surface area (Å²) in [6, 6.07) is 10.6. The summed E-state index contributed by atoms with van der Waals surface area (Å²) >= 11 is 0. The van der Waals surface area contributed by atoms with Crippen molar-refractivity contribution >= 4 is 6.09 Å². The number of nitrogens with one attached hydrogen (secondary N) is 2. The summed E-state index contributed by atoms with van der Waals surface area (Å²) in [5.41, 5.74) is 0.862. The quantitative estimate of drug-likeness (QED) is 0.841. The predicted octanol–water partition coefficient (Wildman–Crippen LogP) is 2.73. The van der Waals surface area contributed by atoms with Gasteiger partial charge in [-0.3, -0.25) is 0 Å². The van der Waals surface area contributed by atoms with E-state index in [0.717, 1.165) is 13.0 Å². The van der Waals surface area contributed by atoms with Crippen LogP contribution < -0.4 is 10.6 Å². The molecule has 4 nitrogen and oxygen atoms in total. The zero-order valence-corrected chi connectivity index (χ0v) is 12.9. The number of rotatable bonds is 6. The maximum Gasteiger partial charge on any atom is 0.407 e.